The minimum atomic E-state index is -0.577. The van der Waals surface area contributed by atoms with Gasteiger partial charge in [-0.2, -0.15) is 0 Å². The zero-order chi connectivity index (χ0) is 18.1. The highest BCUT2D eigenvalue weighted by atomic mass is 16.5. The summed E-state index contributed by atoms with van der Waals surface area (Å²) in [5.41, 5.74) is 0.664. The number of rotatable bonds is 9. The van der Waals surface area contributed by atoms with Crippen LogP contribution >= 0.6 is 0 Å². The topological polar surface area (TPSA) is 81.9 Å². The van der Waals surface area contributed by atoms with E-state index in [1.165, 1.54) is 13.4 Å². The van der Waals surface area contributed by atoms with Crippen molar-refractivity contribution in [3.63, 3.8) is 0 Å². The number of methoxy groups -OCH3 is 1. The summed E-state index contributed by atoms with van der Waals surface area (Å²) in [6.45, 7) is 3.78. The Kier molecular flexibility index (Phi) is 7.16. The molecule has 134 valence electrons. The van der Waals surface area contributed by atoms with E-state index in [0.717, 1.165) is 0 Å². The first-order chi connectivity index (χ1) is 12.2. The Bertz CT molecular complexity index is 684. The first kappa shape index (κ1) is 18.7. The van der Waals surface area contributed by atoms with Gasteiger partial charge in [0, 0.05) is 25.3 Å². The van der Waals surface area contributed by atoms with E-state index in [9.17, 15) is 9.59 Å². The number of ether oxygens (including phenoxy) is 2. The zero-order valence-electron chi connectivity index (χ0n) is 14.4. The van der Waals surface area contributed by atoms with Crippen molar-refractivity contribution in [1.29, 1.82) is 0 Å². The van der Waals surface area contributed by atoms with E-state index < -0.39 is 5.97 Å². The second-order valence-corrected chi connectivity index (χ2v) is 5.26. The molecule has 0 atom stereocenters. The lowest BCUT2D eigenvalue weighted by atomic mass is 10.2. The Hall–Kier alpha value is -2.67. The van der Waals surface area contributed by atoms with Crippen LogP contribution in [0.25, 0.3) is 0 Å². The van der Waals surface area contributed by atoms with Gasteiger partial charge in [-0.25, -0.2) is 9.78 Å². The fourth-order valence-electron chi connectivity index (χ4n) is 2.26. The highest BCUT2D eigenvalue weighted by Gasteiger charge is 2.19. The third-order valence-electron chi connectivity index (χ3n) is 3.50. The molecule has 0 aliphatic rings. The van der Waals surface area contributed by atoms with Crippen LogP contribution in [0.4, 0.5) is 0 Å². The van der Waals surface area contributed by atoms with E-state index >= 15 is 0 Å². The summed E-state index contributed by atoms with van der Waals surface area (Å²) in [6.07, 6.45) is 1.92. The second-order valence-electron chi connectivity index (χ2n) is 5.26. The summed E-state index contributed by atoms with van der Waals surface area (Å²) in [5.74, 6) is -0.428. The van der Waals surface area contributed by atoms with Crippen LogP contribution in [-0.2, 0) is 16.0 Å². The van der Waals surface area contributed by atoms with Crippen LogP contribution in [0.5, 0.6) is 0 Å². The van der Waals surface area contributed by atoms with Crippen molar-refractivity contribution in [3.05, 3.63) is 53.7 Å². The van der Waals surface area contributed by atoms with Gasteiger partial charge in [-0.3, -0.25) is 4.79 Å². The number of amides is 1. The van der Waals surface area contributed by atoms with Crippen LogP contribution in [0, 0.1) is 0 Å². The van der Waals surface area contributed by atoms with Gasteiger partial charge in [-0.05, 0) is 25.5 Å². The van der Waals surface area contributed by atoms with Gasteiger partial charge in [0.1, 0.15) is 6.26 Å². The Balaban J connectivity index is 2.09. The molecular weight excluding hydrogens is 324 g/mol. The summed E-state index contributed by atoms with van der Waals surface area (Å²) in [6, 6.07) is 8.99. The number of aromatic nitrogens is 1. The van der Waals surface area contributed by atoms with Gasteiger partial charge in [0.25, 0.3) is 5.91 Å². The standard InChI is InChI=1S/C18H22N2O5/c1-3-24-11-7-10-20(17(21)14-8-5-4-6-9-14)12-16-19-15(13-25-16)18(22)23-2/h4-6,8-9,13H,3,7,10-12H2,1-2H3. The SMILES string of the molecule is CCOCCCN(Cc1nc(C(=O)OC)co1)C(=O)c1ccccc1. The average molecular weight is 346 g/mol. The van der Waals surface area contributed by atoms with E-state index in [4.69, 9.17) is 9.15 Å². The first-order valence-corrected chi connectivity index (χ1v) is 8.10. The smallest absolute Gasteiger partial charge is 0.360 e. The Morgan fingerprint density at radius 3 is 2.68 bits per heavy atom. The molecule has 0 N–H and O–H groups in total. The number of oxazole rings is 1. The van der Waals surface area contributed by atoms with Gasteiger partial charge in [-0.1, -0.05) is 18.2 Å². The van der Waals surface area contributed by atoms with Crippen LogP contribution in [0.2, 0.25) is 0 Å². The van der Waals surface area contributed by atoms with E-state index in [-0.39, 0.29) is 24.0 Å². The summed E-state index contributed by atoms with van der Waals surface area (Å²) < 4.78 is 15.2. The molecule has 0 saturated heterocycles. The Morgan fingerprint density at radius 1 is 1.24 bits per heavy atom. The normalized spacial score (nSPS) is 10.5. The molecule has 0 bridgehead atoms. The molecule has 0 unspecified atom stereocenters. The summed E-state index contributed by atoms with van der Waals surface area (Å²) in [4.78, 5) is 29.9. The summed E-state index contributed by atoms with van der Waals surface area (Å²) in [5, 5.41) is 0. The van der Waals surface area contributed by atoms with Crippen LogP contribution in [0.15, 0.2) is 41.0 Å². The van der Waals surface area contributed by atoms with Gasteiger partial charge >= 0.3 is 5.97 Å². The lowest BCUT2D eigenvalue weighted by molar-refractivity contribution is 0.0593. The predicted octanol–water partition coefficient (Wildman–Crippen LogP) is 2.53. The zero-order valence-corrected chi connectivity index (χ0v) is 14.4. The van der Waals surface area contributed by atoms with Crippen LogP contribution in [-0.4, -0.2) is 48.6 Å². The molecule has 2 aromatic rings. The maximum atomic E-state index is 12.7. The second kappa shape index (κ2) is 9.58. The fraction of sp³-hybridized carbons (Fsp3) is 0.389. The number of benzene rings is 1. The quantitative estimate of drug-likeness (QED) is 0.513. The Labute approximate surface area is 146 Å². The fourth-order valence-corrected chi connectivity index (χ4v) is 2.26. The molecule has 1 heterocycles. The Morgan fingerprint density at radius 2 is 2.00 bits per heavy atom. The average Bonchev–Trinajstić information content (AvgIpc) is 3.12. The van der Waals surface area contributed by atoms with Crippen LogP contribution in [0.3, 0.4) is 0 Å². The maximum Gasteiger partial charge on any atom is 0.360 e. The molecule has 1 aromatic heterocycles. The minimum Gasteiger partial charge on any atom is -0.464 e. The lowest BCUT2D eigenvalue weighted by Crippen LogP contribution is -2.32. The monoisotopic (exact) mass is 346 g/mol. The highest BCUT2D eigenvalue weighted by Crippen LogP contribution is 2.12. The number of hydrogen-bond donors (Lipinski definition) is 0. The molecule has 7 nitrogen and oxygen atoms in total. The summed E-state index contributed by atoms with van der Waals surface area (Å²) in [7, 11) is 1.27. The maximum absolute atomic E-state index is 12.7. The molecule has 2 rings (SSSR count). The molecule has 0 aliphatic carbocycles. The largest absolute Gasteiger partial charge is 0.464 e. The van der Waals surface area contributed by atoms with Gasteiger partial charge in [0.15, 0.2) is 5.69 Å². The van der Waals surface area contributed by atoms with Crippen LogP contribution < -0.4 is 0 Å². The highest BCUT2D eigenvalue weighted by molar-refractivity contribution is 5.94. The van der Waals surface area contributed by atoms with Gasteiger partial charge in [0.2, 0.25) is 5.89 Å². The van der Waals surface area contributed by atoms with Crippen molar-refractivity contribution in [2.24, 2.45) is 0 Å². The molecule has 0 radical (unpaired) electrons. The van der Waals surface area contributed by atoms with Crippen molar-refractivity contribution >= 4 is 11.9 Å². The van der Waals surface area contributed by atoms with E-state index in [2.05, 4.69) is 9.72 Å². The van der Waals surface area contributed by atoms with Crippen molar-refractivity contribution in [3.8, 4) is 0 Å². The van der Waals surface area contributed by atoms with Gasteiger partial charge in [0.05, 0.1) is 13.7 Å². The molecule has 25 heavy (non-hydrogen) atoms. The van der Waals surface area contributed by atoms with Crippen molar-refractivity contribution < 1.29 is 23.5 Å². The number of nitrogens with zero attached hydrogens (tertiary/aromatic N) is 2. The molecule has 0 fully saturated rings. The molecule has 0 aliphatic heterocycles. The molecule has 0 saturated carbocycles. The number of carbonyl (C=O) groups excluding carboxylic acids is 2. The predicted molar refractivity (Wildman–Crippen MR) is 90.1 cm³/mol. The van der Waals surface area contributed by atoms with Crippen molar-refractivity contribution in [2.75, 3.05) is 26.9 Å². The van der Waals surface area contributed by atoms with E-state index in [1.807, 2.05) is 25.1 Å². The molecule has 1 aromatic carbocycles. The first-order valence-electron chi connectivity index (χ1n) is 8.10. The summed E-state index contributed by atoms with van der Waals surface area (Å²) >= 11 is 0. The number of carbonyl (C=O) groups is 2. The van der Waals surface area contributed by atoms with Crippen LogP contribution in [0.1, 0.15) is 40.1 Å². The third kappa shape index (κ3) is 5.42. The number of hydrogen-bond acceptors (Lipinski definition) is 6. The minimum absolute atomic E-state index is 0.0823. The number of esters is 1. The molecular formula is C18H22N2O5. The van der Waals surface area contributed by atoms with E-state index in [1.54, 1.807) is 17.0 Å². The van der Waals surface area contributed by atoms with Gasteiger partial charge in [-0.15, -0.1) is 0 Å². The lowest BCUT2D eigenvalue weighted by Gasteiger charge is -2.21. The molecule has 1 amide bonds. The third-order valence-corrected chi connectivity index (χ3v) is 3.50. The van der Waals surface area contributed by atoms with Crippen molar-refractivity contribution in [2.45, 2.75) is 19.9 Å². The van der Waals surface area contributed by atoms with Crippen molar-refractivity contribution in [1.82, 2.24) is 9.88 Å². The molecule has 7 heteroatoms. The van der Waals surface area contributed by atoms with E-state index in [0.29, 0.717) is 31.7 Å². The molecule has 0 spiro atoms. The van der Waals surface area contributed by atoms with Gasteiger partial charge < -0.3 is 18.8 Å².